The zero-order chi connectivity index (χ0) is 17.1. The summed E-state index contributed by atoms with van der Waals surface area (Å²) in [5.74, 6) is -0.868. The van der Waals surface area contributed by atoms with Gasteiger partial charge in [0.1, 0.15) is 0 Å². The molecule has 1 aliphatic heterocycles. The molecule has 0 aromatic heterocycles. The molecule has 0 bridgehead atoms. The van der Waals surface area contributed by atoms with Gasteiger partial charge in [0.15, 0.2) is 0 Å². The molecule has 1 aromatic rings. The van der Waals surface area contributed by atoms with Gasteiger partial charge in [-0.3, -0.25) is 9.59 Å². The SMILES string of the molecule is Cc1cc(C)c(NC(=O)C(=O)N2CCC(C(C)O)CC2)c(C)c1. The molecule has 126 valence electrons. The van der Waals surface area contributed by atoms with Gasteiger partial charge in [0.05, 0.1) is 6.10 Å². The Morgan fingerprint density at radius 1 is 1.17 bits per heavy atom. The van der Waals surface area contributed by atoms with E-state index < -0.39 is 11.8 Å². The molecular formula is C18H26N2O3. The van der Waals surface area contributed by atoms with Crippen LogP contribution in [0, 0.1) is 26.7 Å². The third-order valence-corrected chi connectivity index (χ3v) is 4.62. The van der Waals surface area contributed by atoms with E-state index in [9.17, 15) is 14.7 Å². The number of anilines is 1. The highest BCUT2D eigenvalue weighted by Crippen LogP contribution is 2.23. The van der Waals surface area contributed by atoms with Crippen molar-refractivity contribution in [3.05, 3.63) is 28.8 Å². The van der Waals surface area contributed by atoms with Crippen LogP contribution in [0.3, 0.4) is 0 Å². The fraction of sp³-hybridized carbons (Fsp3) is 0.556. The second kappa shape index (κ2) is 7.13. The maximum absolute atomic E-state index is 12.3. The summed E-state index contributed by atoms with van der Waals surface area (Å²) in [6, 6.07) is 3.97. The van der Waals surface area contributed by atoms with Crippen molar-refractivity contribution in [1.82, 2.24) is 4.90 Å². The van der Waals surface area contributed by atoms with Gasteiger partial charge >= 0.3 is 11.8 Å². The highest BCUT2D eigenvalue weighted by Gasteiger charge is 2.29. The Balaban J connectivity index is 2.00. The summed E-state index contributed by atoms with van der Waals surface area (Å²) in [4.78, 5) is 26.2. The number of piperidine rings is 1. The molecule has 0 saturated carbocycles. The lowest BCUT2D eigenvalue weighted by Gasteiger charge is -2.32. The Kier molecular flexibility index (Phi) is 5.42. The van der Waals surface area contributed by atoms with Crippen LogP contribution in [0.15, 0.2) is 12.1 Å². The number of hydrogen-bond donors (Lipinski definition) is 2. The minimum Gasteiger partial charge on any atom is -0.393 e. The van der Waals surface area contributed by atoms with Crippen LogP contribution in [0.2, 0.25) is 0 Å². The Morgan fingerprint density at radius 3 is 2.17 bits per heavy atom. The number of rotatable bonds is 2. The fourth-order valence-corrected chi connectivity index (χ4v) is 3.27. The normalized spacial score (nSPS) is 17.0. The minimum atomic E-state index is -0.587. The second-order valence-corrected chi connectivity index (χ2v) is 6.60. The Morgan fingerprint density at radius 2 is 1.70 bits per heavy atom. The Bertz CT molecular complexity index is 579. The number of carbonyl (C=O) groups is 2. The van der Waals surface area contributed by atoms with Crippen LogP contribution < -0.4 is 5.32 Å². The summed E-state index contributed by atoms with van der Waals surface area (Å²) in [5.41, 5.74) is 3.75. The highest BCUT2D eigenvalue weighted by atomic mass is 16.3. The van der Waals surface area contributed by atoms with Crippen molar-refractivity contribution in [2.45, 2.75) is 46.6 Å². The van der Waals surface area contributed by atoms with Gasteiger partial charge in [0, 0.05) is 18.8 Å². The molecule has 1 atom stereocenters. The lowest BCUT2D eigenvalue weighted by Crippen LogP contribution is -2.45. The second-order valence-electron chi connectivity index (χ2n) is 6.60. The third kappa shape index (κ3) is 4.10. The number of amides is 2. The van der Waals surface area contributed by atoms with Crippen molar-refractivity contribution >= 4 is 17.5 Å². The number of aryl methyl sites for hydroxylation is 3. The first-order chi connectivity index (χ1) is 10.8. The molecule has 0 aliphatic carbocycles. The van der Waals surface area contributed by atoms with Gasteiger partial charge in [-0.2, -0.15) is 0 Å². The molecule has 1 saturated heterocycles. The summed E-state index contributed by atoms with van der Waals surface area (Å²) >= 11 is 0. The van der Waals surface area contributed by atoms with Gasteiger partial charge in [-0.05, 0) is 57.6 Å². The van der Waals surface area contributed by atoms with E-state index in [1.54, 1.807) is 11.8 Å². The van der Waals surface area contributed by atoms with E-state index >= 15 is 0 Å². The monoisotopic (exact) mass is 318 g/mol. The van der Waals surface area contributed by atoms with Crippen molar-refractivity contribution in [2.75, 3.05) is 18.4 Å². The molecular weight excluding hydrogens is 292 g/mol. The number of aliphatic hydroxyl groups is 1. The summed E-state index contributed by atoms with van der Waals surface area (Å²) in [7, 11) is 0. The smallest absolute Gasteiger partial charge is 0.313 e. The van der Waals surface area contributed by atoms with Crippen molar-refractivity contribution in [3.8, 4) is 0 Å². The van der Waals surface area contributed by atoms with Crippen molar-refractivity contribution in [1.29, 1.82) is 0 Å². The van der Waals surface area contributed by atoms with Crippen LogP contribution in [0.5, 0.6) is 0 Å². The number of benzene rings is 1. The van der Waals surface area contributed by atoms with Gasteiger partial charge in [-0.1, -0.05) is 17.7 Å². The number of nitrogens with one attached hydrogen (secondary N) is 1. The van der Waals surface area contributed by atoms with Crippen molar-refractivity contribution in [2.24, 2.45) is 5.92 Å². The average Bonchev–Trinajstić information content (AvgIpc) is 2.50. The van der Waals surface area contributed by atoms with Gasteiger partial charge in [-0.25, -0.2) is 0 Å². The van der Waals surface area contributed by atoms with Crippen LogP contribution in [-0.2, 0) is 9.59 Å². The standard InChI is InChI=1S/C18H26N2O3/c1-11-9-12(2)16(13(3)10-11)19-17(22)18(23)20-7-5-15(6-8-20)14(4)21/h9-10,14-15,21H,5-8H2,1-4H3,(H,19,22). The summed E-state index contributed by atoms with van der Waals surface area (Å²) in [5, 5.41) is 12.4. The summed E-state index contributed by atoms with van der Waals surface area (Å²) in [6.07, 6.45) is 1.11. The predicted molar refractivity (Wildman–Crippen MR) is 90.3 cm³/mol. The maximum Gasteiger partial charge on any atom is 0.313 e. The molecule has 1 heterocycles. The van der Waals surface area contributed by atoms with E-state index in [0.29, 0.717) is 18.8 Å². The first-order valence-corrected chi connectivity index (χ1v) is 8.15. The molecule has 1 aromatic carbocycles. The molecule has 2 amide bonds. The van der Waals surface area contributed by atoms with E-state index in [-0.39, 0.29) is 12.0 Å². The summed E-state index contributed by atoms with van der Waals surface area (Å²) in [6.45, 7) is 8.67. The minimum absolute atomic E-state index is 0.212. The number of carbonyl (C=O) groups excluding carboxylic acids is 2. The average molecular weight is 318 g/mol. The molecule has 2 N–H and O–H groups in total. The predicted octanol–water partition coefficient (Wildman–Crippen LogP) is 2.17. The van der Waals surface area contributed by atoms with Gasteiger partial charge < -0.3 is 15.3 Å². The fourth-order valence-electron chi connectivity index (χ4n) is 3.27. The Hall–Kier alpha value is -1.88. The number of aliphatic hydroxyl groups excluding tert-OH is 1. The van der Waals surface area contributed by atoms with Gasteiger partial charge in [0.25, 0.3) is 0 Å². The topological polar surface area (TPSA) is 69.6 Å². The van der Waals surface area contributed by atoms with Gasteiger partial charge in [0.2, 0.25) is 0 Å². The maximum atomic E-state index is 12.3. The number of nitrogens with zero attached hydrogens (tertiary/aromatic N) is 1. The van der Waals surface area contributed by atoms with Crippen molar-refractivity contribution < 1.29 is 14.7 Å². The van der Waals surface area contributed by atoms with Crippen LogP contribution in [0.4, 0.5) is 5.69 Å². The number of hydrogen-bond acceptors (Lipinski definition) is 3. The van der Waals surface area contributed by atoms with Crippen LogP contribution in [0.25, 0.3) is 0 Å². The quantitative estimate of drug-likeness (QED) is 0.821. The molecule has 0 spiro atoms. The largest absolute Gasteiger partial charge is 0.393 e. The lowest BCUT2D eigenvalue weighted by molar-refractivity contribution is -0.144. The molecule has 23 heavy (non-hydrogen) atoms. The highest BCUT2D eigenvalue weighted by molar-refractivity contribution is 6.39. The summed E-state index contributed by atoms with van der Waals surface area (Å²) < 4.78 is 0. The van der Waals surface area contributed by atoms with Crippen molar-refractivity contribution in [3.63, 3.8) is 0 Å². The van der Waals surface area contributed by atoms with E-state index in [2.05, 4.69) is 5.32 Å². The zero-order valence-electron chi connectivity index (χ0n) is 14.3. The van der Waals surface area contributed by atoms with Crippen LogP contribution in [0.1, 0.15) is 36.5 Å². The molecule has 1 aliphatic rings. The first kappa shape index (κ1) is 17.5. The van der Waals surface area contributed by atoms with E-state index in [1.807, 2.05) is 32.9 Å². The van der Waals surface area contributed by atoms with E-state index in [0.717, 1.165) is 29.5 Å². The van der Waals surface area contributed by atoms with E-state index in [1.165, 1.54) is 0 Å². The van der Waals surface area contributed by atoms with Crippen LogP contribution in [-0.4, -0.2) is 41.0 Å². The molecule has 2 rings (SSSR count). The van der Waals surface area contributed by atoms with E-state index in [4.69, 9.17) is 0 Å². The van der Waals surface area contributed by atoms with Gasteiger partial charge in [-0.15, -0.1) is 0 Å². The first-order valence-electron chi connectivity index (χ1n) is 8.15. The third-order valence-electron chi connectivity index (χ3n) is 4.62. The molecule has 5 nitrogen and oxygen atoms in total. The molecule has 5 heteroatoms. The lowest BCUT2D eigenvalue weighted by atomic mass is 9.92. The zero-order valence-corrected chi connectivity index (χ0v) is 14.3. The van der Waals surface area contributed by atoms with Crippen LogP contribution >= 0.6 is 0 Å². The Labute approximate surface area is 137 Å². The molecule has 1 fully saturated rings. The molecule has 0 radical (unpaired) electrons. The molecule has 1 unspecified atom stereocenters. The number of likely N-dealkylation sites (tertiary alicyclic amines) is 1.